The number of hydrogen-bond acceptors (Lipinski definition) is 2. The molecule has 0 aromatic carbocycles. The number of rotatable bonds is 5. The van der Waals surface area contributed by atoms with Crippen LogP contribution >= 0.6 is 0 Å². The van der Waals surface area contributed by atoms with Crippen LogP contribution in [0, 0.1) is 11.3 Å². The van der Waals surface area contributed by atoms with E-state index in [0.29, 0.717) is 12.5 Å². The second kappa shape index (κ2) is 5.87. The zero-order valence-corrected chi connectivity index (χ0v) is 11.2. The van der Waals surface area contributed by atoms with Gasteiger partial charge in [0.25, 0.3) is 0 Å². The molecule has 0 saturated carbocycles. The Morgan fingerprint density at radius 1 is 1.06 bits per heavy atom. The van der Waals surface area contributed by atoms with Gasteiger partial charge in [0.2, 0.25) is 11.8 Å². The summed E-state index contributed by atoms with van der Waals surface area (Å²) in [6.45, 7) is 11.7. The van der Waals surface area contributed by atoms with Crippen molar-refractivity contribution in [3.8, 4) is 0 Å². The molecule has 2 amide bonds. The highest BCUT2D eigenvalue weighted by molar-refractivity contribution is 6.04. The van der Waals surface area contributed by atoms with Gasteiger partial charge in [-0.1, -0.05) is 13.8 Å². The Labute approximate surface area is 98.2 Å². The molecule has 0 fully saturated rings. The third-order valence-electron chi connectivity index (χ3n) is 2.23. The van der Waals surface area contributed by atoms with Crippen molar-refractivity contribution in [2.75, 3.05) is 6.54 Å². The Balaban J connectivity index is 4.40. The average Bonchev–Trinajstić information content (AvgIpc) is 2.12. The maximum absolute atomic E-state index is 11.8. The van der Waals surface area contributed by atoms with Crippen molar-refractivity contribution in [1.82, 2.24) is 10.6 Å². The molecule has 2 N–H and O–H groups in total. The van der Waals surface area contributed by atoms with Gasteiger partial charge in [-0.25, -0.2) is 0 Å². The summed E-state index contributed by atoms with van der Waals surface area (Å²) in [5.41, 5.74) is -1.01. The van der Waals surface area contributed by atoms with E-state index in [2.05, 4.69) is 10.6 Å². The van der Waals surface area contributed by atoms with Gasteiger partial charge in [-0.05, 0) is 33.6 Å². The van der Waals surface area contributed by atoms with E-state index in [1.807, 2.05) is 27.7 Å². The van der Waals surface area contributed by atoms with Crippen molar-refractivity contribution >= 4 is 11.8 Å². The van der Waals surface area contributed by atoms with Gasteiger partial charge in [0.15, 0.2) is 0 Å². The summed E-state index contributed by atoms with van der Waals surface area (Å²) in [7, 11) is 0. The Bertz CT molecular complexity index is 258. The van der Waals surface area contributed by atoms with Crippen molar-refractivity contribution in [3.63, 3.8) is 0 Å². The predicted molar refractivity (Wildman–Crippen MR) is 64.9 cm³/mol. The number of carbonyl (C=O) groups excluding carboxylic acids is 2. The summed E-state index contributed by atoms with van der Waals surface area (Å²) < 4.78 is 0. The quantitative estimate of drug-likeness (QED) is 0.697. The highest BCUT2D eigenvalue weighted by Gasteiger charge is 2.35. The van der Waals surface area contributed by atoms with E-state index in [0.717, 1.165) is 0 Å². The van der Waals surface area contributed by atoms with Crippen LogP contribution in [0.1, 0.15) is 41.5 Å². The molecule has 0 unspecified atom stereocenters. The van der Waals surface area contributed by atoms with Gasteiger partial charge in [0.05, 0.1) is 0 Å². The molecule has 4 heteroatoms. The van der Waals surface area contributed by atoms with Crippen molar-refractivity contribution in [2.24, 2.45) is 11.3 Å². The van der Waals surface area contributed by atoms with Gasteiger partial charge in [0.1, 0.15) is 5.41 Å². The van der Waals surface area contributed by atoms with E-state index < -0.39 is 5.41 Å². The minimum absolute atomic E-state index is 0.0460. The van der Waals surface area contributed by atoms with Crippen LogP contribution in [0.5, 0.6) is 0 Å². The SMILES string of the molecule is CC(C)CNC(=O)C(C)(C)C(=O)NC(C)C. The van der Waals surface area contributed by atoms with Crippen molar-refractivity contribution in [3.05, 3.63) is 0 Å². The van der Waals surface area contributed by atoms with Crippen LogP contribution in [-0.2, 0) is 9.59 Å². The van der Waals surface area contributed by atoms with E-state index in [9.17, 15) is 9.59 Å². The number of hydrogen-bond donors (Lipinski definition) is 2. The first-order valence-corrected chi connectivity index (χ1v) is 5.77. The monoisotopic (exact) mass is 228 g/mol. The van der Waals surface area contributed by atoms with Crippen LogP contribution in [0.15, 0.2) is 0 Å². The molecule has 0 radical (unpaired) electrons. The third-order valence-corrected chi connectivity index (χ3v) is 2.23. The minimum Gasteiger partial charge on any atom is -0.355 e. The fourth-order valence-corrected chi connectivity index (χ4v) is 1.06. The molecular formula is C12H24N2O2. The average molecular weight is 228 g/mol. The Hall–Kier alpha value is -1.06. The van der Waals surface area contributed by atoms with Crippen LogP contribution in [-0.4, -0.2) is 24.4 Å². The molecule has 0 spiro atoms. The summed E-state index contributed by atoms with van der Waals surface area (Å²) in [5, 5.41) is 5.53. The first-order valence-electron chi connectivity index (χ1n) is 5.77. The van der Waals surface area contributed by atoms with Gasteiger partial charge in [-0.15, -0.1) is 0 Å². The zero-order chi connectivity index (χ0) is 12.9. The Kier molecular flexibility index (Phi) is 5.48. The smallest absolute Gasteiger partial charge is 0.235 e. The van der Waals surface area contributed by atoms with E-state index in [-0.39, 0.29) is 17.9 Å². The summed E-state index contributed by atoms with van der Waals surface area (Å²) in [5.74, 6) is -0.0731. The first kappa shape index (κ1) is 14.9. The van der Waals surface area contributed by atoms with Gasteiger partial charge in [-0.3, -0.25) is 9.59 Å². The van der Waals surface area contributed by atoms with Gasteiger partial charge in [-0.2, -0.15) is 0 Å². The molecule has 0 aromatic rings. The fourth-order valence-electron chi connectivity index (χ4n) is 1.06. The molecule has 0 aromatic heterocycles. The van der Waals surface area contributed by atoms with Gasteiger partial charge >= 0.3 is 0 Å². The number of amides is 2. The molecule has 0 aliphatic carbocycles. The Morgan fingerprint density at radius 3 is 1.94 bits per heavy atom. The third kappa shape index (κ3) is 4.64. The normalized spacial score (nSPS) is 11.8. The number of nitrogens with one attached hydrogen (secondary N) is 2. The van der Waals surface area contributed by atoms with Crippen LogP contribution in [0.2, 0.25) is 0 Å². The summed E-state index contributed by atoms with van der Waals surface area (Å²) in [6.07, 6.45) is 0. The fraction of sp³-hybridized carbons (Fsp3) is 0.833. The lowest BCUT2D eigenvalue weighted by molar-refractivity contribution is -0.141. The lowest BCUT2D eigenvalue weighted by atomic mass is 9.90. The van der Waals surface area contributed by atoms with Crippen LogP contribution in [0.4, 0.5) is 0 Å². The lowest BCUT2D eigenvalue weighted by Crippen LogP contribution is -2.50. The predicted octanol–water partition coefficient (Wildman–Crippen LogP) is 1.31. The highest BCUT2D eigenvalue weighted by Crippen LogP contribution is 2.15. The second-order valence-electron chi connectivity index (χ2n) is 5.36. The molecular weight excluding hydrogens is 204 g/mol. The van der Waals surface area contributed by atoms with E-state index >= 15 is 0 Å². The van der Waals surface area contributed by atoms with Crippen molar-refractivity contribution in [1.29, 1.82) is 0 Å². The van der Waals surface area contributed by atoms with Crippen molar-refractivity contribution < 1.29 is 9.59 Å². The van der Waals surface area contributed by atoms with Crippen LogP contribution in [0.25, 0.3) is 0 Å². The lowest BCUT2D eigenvalue weighted by Gasteiger charge is -2.24. The maximum atomic E-state index is 11.8. The molecule has 0 rings (SSSR count). The van der Waals surface area contributed by atoms with Gasteiger partial charge < -0.3 is 10.6 Å². The molecule has 0 aliphatic heterocycles. The molecule has 16 heavy (non-hydrogen) atoms. The van der Waals surface area contributed by atoms with E-state index in [1.54, 1.807) is 13.8 Å². The summed E-state index contributed by atoms with van der Waals surface area (Å²) >= 11 is 0. The Morgan fingerprint density at radius 2 is 1.56 bits per heavy atom. The summed E-state index contributed by atoms with van der Waals surface area (Å²) in [4.78, 5) is 23.6. The maximum Gasteiger partial charge on any atom is 0.235 e. The second-order valence-corrected chi connectivity index (χ2v) is 5.36. The van der Waals surface area contributed by atoms with E-state index in [1.165, 1.54) is 0 Å². The van der Waals surface area contributed by atoms with Crippen molar-refractivity contribution in [2.45, 2.75) is 47.6 Å². The summed E-state index contributed by atoms with van der Waals surface area (Å²) in [6, 6.07) is 0.0460. The molecule has 0 bridgehead atoms. The van der Waals surface area contributed by atoms with Crippen LogP contribution < -0.4 is 10.6 Å². The molecule has 0 aliphatic rings. The van der Waals surface area contributed by atoms with Gasteiger partial charge in [0, 0.05) is 12.6 Å². The standard InChI is InChI=1S/C12H24N2O2/c1-8(2)7-13-10(15)12(5,6)11(16)14-9(3)4/h8-9H,7H2,1-6H3,(H,13,15)(H,14,16). The molecule has 4 nitrogen and oxygen atoms in total. The molecule has 0 saturated heterocycles. The number of carbonyl (C=O) groups is 2. The highest BCUT2D eigenvalue weighted by atomic mass is 16.2. The van der Waals surface area contributed by atoms with Crippen LogP contribution in [0.3, 0.4) is 0 Å². The molecule has 0 heterocycles. The van der Waals surface area contributed by atoms with E-state index in [4.69, 9.17) is 0 Å². The largest absolute Gasteiger partial charge is 0.355 e. The zero-order valence-electron chi connectivity index (χ0n) is 11.2. The molecule has 0 atom stereocenters. The first-order chi connectivity index (χ1) is 7.17. The molecule has 94 valence electrons. The minimum atomic E-state index is -1.01. The topological polar surface area (TPSA) is 58.2 Å².